The van der Waals surface area contributed by atoms with Gasteiger partial charge in [-0.1, -0.05) is 39.0 Å². The maximum atomic E-state index is 8.87. The molecule has 102 valence electrons. The van der Waals surface area contributed by atoms with Gasteiger partial charge in [-0.3, -0.25) is 4.90 Å². The smallest absolute Gasteiger partial charge is 0.0558 e. The van der Waals surface area contributed by atoms with Gasteiger partial charge in [-0.2, -0.15) is 0 Å². The van der Waals surface area contributed by atoms with Crippen molar-refractivity contribution in [2.45, 2.75) is 45.4 Å². The van der Waals surface area contributed by atoms with Crippen molar-refractivity contribution in [3.63, 3.8) is 0 Å². The molecule has 17 heavy (non-hydrogen) atoms. The van der Waals surface area contributed by atoms with E-state index in [1.807, 2.05) is 0 Å². The van der Waals surface area contributed by atoms with Crippen LogP contribution in [0.4, 0.5) is 0 Å². The van der Waals surface area contributed by atoms with Crippen LogP contribution >= 0.6 is 0 Å². The van der Waals surface area contributed by atoms with Gasteiger partial charge >= 0.3 is 0 Å². The standard InChI is InChI=1S/C14H30N2O/c1-2-3-4-5-6-7-8-15-9-11-16(12-10-15)13-14-17/h17H,2-14H2,1H3. The molecule has 0 aliphatic carbocycles. The minimum absolute atomic E-state index is 0.303. The lowest BCUT2D eigenvalue weighted by molar-refractivity contribution is 0.111. The van der Waals surface area contributed by atoms with Crippen LogP contribution in [0, 0.1) is 0 Å². The molecule has 0 unspecified atom stereocenters. The third kappa shape index (κ3) is 7.02. The Hall–Kier alpha value is -0.120. The SMILES string of the molecule is CCCCCCCCN1CCN(CCO)CC1. The van der Waals surface area contributed by atoms with E-state index in [9.17, 15) is 0 Å². The topological polar surface area (TPSA) is 26.7 Å². The molecule has 1 N–H and O–H groups in total. The van der Waals surface area contributed by atoms with E-state index in [1.165, 1.54) is 58.2 Å². The summed E-state index contributed by atoms with van der Waals surface area (Å²) in [5, 5.41) is 8.87. The van der Waals surface area contributed by atoms with Crippen molar-refractivity contribution in [3.05, 3.63) is 0 Å². The Bertz CT molecular complexity index is 168. The molecule has 0 saturated carbocycles. The van der Waals surface area contributed by atoms with E-state index in [1.54, 1.807) is 0 Å². The van der Waals surface area contributed by atoms with Gasteiger partial charge < -0.3 is 10.0 Å². The molecule has 0 aromatic carbocycles. The molecule has 3 heteroatoms. The van der Waals surface area contributed by atoms with Crippen LogP contribution in [0.15, 0.2) is 0 Å². The van der Waals surface area contributed by atoms with Crippen LogP contribution in [0.1, 0.15) is 45.4 Å². The first-order valence-corrected chi connectivity index (χ1v) is 7.42. The van der Waals surface area contributed by atoms with Crippen LogP contribution in [-0.2, 0) is 0 Å². The van der Waals surface area contributed by atoms with Crippen molar-refractivity contribution in [3.8, 4) is 0 Å². The highest BCUT2D eigenvalue weighted by Gasteiger charge is 2.15. The number of rotatable bonds is 9. The second kappa shape index (κ2) is 9.86. The fraction of sp³-hybridized carbons (Fsp3) is 1.00. The number of hydrogen-bond acceptors (Lipinski definition) is 3. The molecule has 0 bridgehead atoms. The molecule has 0 atom stereocenters. The maximum Gasteiger partial charge on any atom is 0.0558 e. The van der Waals surface area contributed by atoms with Crippen molar-refractivity contribution in [2.24, 2.45) is 0 Å². The summed E-state index contributed by atoms with van der Waals surface area (Å²) in [5.41, 5.74) is 0. The van der Waals surface area contributed by atoms with Crippen LogP contribution in [0.5, 0.6) is 0 Å². The van der Waals surface area contributed by atoms with Crippen molar-refractivity contribution < 1.29 is 5.11 Å². The van der Waals surface area contributed by atoms with E-state index in [2.05, 4.69) is 16.7 Å². The van der Waals surface area contributed by atoms with Crippen molar-refractivity contribution >= 4 is 0 Å². The van der Waals surface area contributed by atoms with Crippen LogP contribution in [0.2, 0.25) is 0 Å². The minimum atomic E-state index is 0.303. The summed E-state index contributed by atoms with van der Waals surface area (Å²) < 4.78 is 0. The van der Waals surface area contributed by atoms with Crippen molar-refractivity contribution in [1.82, 2.24) is 9.80 Å². The Morgan fingerprint density at radius 1 is 0.765 bits per heavy atom. The van der Waals surface area contributed by atoms with E-state index in [0.29, 0.717) is 6.61 Å². The minimum Gasteiger partial charge on any atom is -0.395 e. The van der Waals surface area contributed by atoms with E-state index in [4.69, 9.17) is 5.11 Å². The average Bonchev–Trinajstić information content (AvgIpc) is 2.36. The summed E-state index contributed by atoms with van der Waals surface area (Å²) in [7, 11) is 0. The number of hydrogen-bond donors (Lipinski definition) is 1. The van der Waals surface area contributed by atoms with E-state index in [-0.39, 0.29) is 0 Å². The quantitative estimate of drug-likeness (QED) is 0.626. The first-order valence-electron chi connectivity index (χ1n) is 7.42. The van der Waals surface area contributed by atoms with Gasteiger partial charge in [-0.05, 0) is 13.0 Å². The molecular weight excluding hydrogens is 212 g/mol. The van der Waals surface area contributed by atoms with Crippen LogP contribution in [0.3, 0.4) is 0 Å². The Morgan fingerprint density at radius 2 is 1.29 bits per heavy atom. The number of β-amino-alcohol motifs (C(OH)–C–C–N with tert-alkyl or cyclic N) is 1. The van der Waals surface area contributed by atoms with E-state index in [0.717, 1.165) is 19.6 Å². The number of aliphatic hydroxyl groups excluding tert-OH is 1. The largest absolute Gasteiger partial charge is 0.395 e. The highest BCUT2D eigenvalue weighted by atomic mass is 16.3. The number of aliphatic hydroxyl groups is 1. The zero-order valence-corrected chi connectivity index (χ0v) is 11.5. The summed E-state index contributed by atoms with van der Waals surface area (Å²) in [6.07, 6.45) is 8.34. The van der Waals surface area contributed by atoms with Gasteiger partial charge in [0, 0.05) is 32.7 Å². The zero-order chi connectivity index (χ0) is 12.3. The molecule has 0 aromatic rings. The number of piperazine rings is 1. The molecule has 0 amide bonds. The second-order valence-corrected chi connectivity index (χ2v) is 5.17. The summed E-state index contributed by atoms with van der Waals surface area (Å²) in [5.74, 6) is 0. The normalized spacial score (nSPS) is 18.7. The molecule has 3 nitrogen and oxygen atoms in total. The fourth-order valence-corrected chi connectivity index (χ4v) is 2.49. The van der Waals surface area contributed by atoms with Gasteiger partial charge in [0.2, 0.25) is 0 Å². The van der Waals surface area contributed by atoms with Gasteiger partial charge in [0.25, 0.3) is 0 Å². The predicted octanol–water partition coefficient (Wildman–Crippen LogP) is 1.96. The van der Waals surface area contributed by atoms with E-state index < -0.39 is 0 Å². The Balaban J connectivity index is 1.91. The Labute approximate surface area is 107 Å². The molecule has 1 fully saturated rings. The highest BCUT2D eigenvalue weighted by Crippen LogP contribution is 2.07. The van der Waals surface area contributed by atoms with Crippen LogP contribution in [-0.4, -0.2) is 60.8 Å². The first kappa shape index (κ1) is 14.9. The van der Waals surface area contributed by atoms with Gasteiger partial charge in [0.1, 0.15) is 0 Å². The predicted molar refractivity (Wildman–Crippen MR) is 73.3 cm³/mol. The molecule has 1 rings (SSSR count). The Morgan fingerprint density at radius 3 is 1.88 bits per heavy atom. The van der Waals surface area contributed by atoms with Crippen LogP contribution < -0.4 is 0 Å². The number of unbranched alkanes of at least 4 members (excludes halogenated alkanes) is 5. The Kier molecular flexibility index (Phi) is 8.67. The zero-order valence-electron chi connectivity index (χ0n) is 11.5. The fourth-order valence-electron chi connectivity index (χ4n) is 2.49. The maximum absolute atomic E-state index is 8.87. The summed E-state index contributed by atoms with van der Waals surface area (Å²) in [6.45, 7) is 9.35. The molecule has 1 aliphatic rings. The molecule has 1 aliphatic heterocycles. The average molecular weight is 242 g/mol. The first-order chi connectivity index (χ1) is 8.36. The van der Waals surface area contributed by atoms with Crippen molar-refractivity contribution in [2.75, 3.05) is 45.9 Å². The van der Waals surface area contributed by atoms with Crippen LogP contribution in [0.25, 0.3) is 0 Å². The summed E-state index contributed by atoms with van der Waals surface area (Å²) >= 11 is 0. The van der Waals surface area contributed by atoms with Crippen molar-refractivity contribution in [1.29, 1.82) is 0 Å². The molecule has 0 aromatic heterocycles. The van der Waals surface area contributed by atoms with Gasteiger partial charge in [-0.15, -0.1) is 0 Å². The lowest BCUT2D eigenvalue weighted by Crippen LogP contribution is -2.47. The highest BCUT2D eigenvalue weighted by molar-refractivity contribution is 4.71. The van der Waals surface area contributed by atoms with Gasteiger partial charge in [0.05, 0.1) is 6.61 Å². The summed E-state index contributed by atoms with van der Waals surface area (Å²) in [6, 6.07) is 0. The second-order valence-electron chi connectivity index (χ2n) is 5.17. The molecular formula is C14H30N2O. The third-order valence-electron chi connectivity index (χ3n) is 3.71. The molecule has 1 saturated heterocycles. The molecule has 0 spiro atoms. The third-order valence-corrected chi connectivity index (χ3v) is 3.71. The van der Waals surface area contributed by atoms with Gasteiger partial charge in [0.15, 0.2) is 0 Å². The van der Waals surface area contributed by atoms with E-state index >= 15 is 0 Å². The monoisotopic (exact) mass is 242 g/mol. The number of nitrogens with zero attached hydrogens (tertiary/aromatic N) is 2. The molecule has 1 heterocycles. The van der Waals surface area contributed by atoms with Gasteiger partial charge in [-0.25, -0.2) is 0 Å². The summed E-state index contributed by atoms with van der Waals surface area (Å²) in [4.78, 5) is 4.94. The lowest BCUT2D eigenvalue weighted by atomic mass is 10.1. The lowest BCUT2D eigenvalue weighted by Gasteiger charge is -2.34. The molecule has 0 radical (unpaired) electrons.